The highest BCUT2D eigenvalue weighted by atomic mass is 35.5. The van der Waals surface area contributed by atoms with Gasteiger partial charge in [-0.1, -0.05) is 31.5 Å². The zero-order chi connectivity index (χ0) is 29.4. The Labute approximate surface area is 244 Å². The lowest BCUT2D eigenvalue weighted by Crippen LogP contribution is -2.29. The molecular formula is C30H33ClN6O4. The van der Waals surface area contributed by atoms with Crippen LogP contribution in [-0.4, -0.2) is 58.5 Å². The minimum absolute atomic E-state index is 0.0784. The molecule has 1 N–H and O–H groups in total. The minimum atomic E-state index is -0.530. The van der Waals surface area contributed by atoms with Gasteiger partial charge in [-0.15, -0.1) is 0 Å². The van der Waals surface area contributed by atoms with Crippen LogP contribution in [0.15, 0.2) is 53.6 Å². The first-order chi connectivity index (χ1) is 19.7. The van der Waals surface area contributed by atoms with Crippen LogP contribution in [-0.2, 0) is 4.74 Å². The van der Waals surface area contributed by atoms with Crippen molar-refractivity contribution in [3.05, 3.63) is 86.7 Å². The Bertz CT molecular complexity index is 1610. The highest BCUT2D eigenvalue weighted by Gasteiger charge is 2.36. The minimum Gasteiger partial charge on any atom is -0.479 e. The molecule has 0 radical (unpaired) electrons. The first kappa shape index (κ1) is 28.2. The summed E-state index contributed by atoms with van der Waals surface area (Å²) in [6.45, 7) is 8.11. The molecular weight excluding hydrogens is 544 g/mol. The summed E-state index contributed by atoms with van der Waals surface area (Å²) in [7, 11) is 5.00. The van der Waals surface area contributed by atoms with Gasteiger partial charge >= 0.3 is 12.0 Å². The Morgan fingerprint density at radius 1 is 1.20 bits per heavy atom. The lowest BCUT2D eigenvalue weighted by atomic mass is 9.90. The summed E-state index contributed by atoms with van der Waals surface area (Å²) in [6.07, 6.45) is 7.84. The van der Waals surface area contributed by atoms with E-state index in [1.807, 2.05) is 46.0 Å². The van der Waals surface area contributed by atoms with E-state index in [4.69, 9.17) is 30.9 Å². The van der Waals surface area contributed by atoms with E-state index in [0.29, 0.717) is 16.3 Å². The fourth-order valence-corrected chi connectivity index (χ4v) is 5.48. The van der Waals surface area contributed by atoms with Crippen molar-refractivity contribution < 1.29 is 19.0 Å². The van der Waals surface area contributed by atoms with Crippen molar-refractivity contribution in [2.75, 3.05) is 27.9 Å². The quantitative estimate of drug-likeness (QED) is 0.370. The van der Waals surface area contributed by atoms with Crippen LogP contribution in [0, 0.1) is 0 Å². The molecule has 3 aromatic rings. The molecule has 214 valence electrons. The maximum absolute atomic E-state index is 13.5. The lowest BCUT2D eigenvalue weighted by Gasteiger charge is -2.29. The van der Waals surface area contributed by atoms with Gasteiger partial charge in [-0.2, -0.15) is 10.1 Å². The van der Waals surface area contributed by atoms with E-state index in [1.165, 1.54) is 14.2 Å². The Balaban J connectivity index is 1.82. The summed E-state index contributed by atoms with van der Waals surface area (Å²) >= 11 is 6.49. The fourth-order valence-electron chi connectivity index (χ4n) is 5.30. The summed E-state index contributed by atoms with van der Waals surface area (Å²) < 4.78 is 18.0. The number of esters is 1. The van der Waals surface area contributed by atoms with Crippen LogP contribution in [0.3, 0.4) is 0 Å². The maximum atomic E-state index is 13.5. The highest BCUT2D eigenvalue weighted by Crippen LogP contribution is 2.41. The number of halogens is 1. The van der Waals surface area contributed by atoms with E-state index in [0.717, 1.165) is 33.8 Å². The van der Waals surface area contributed by atoms with E-state index in [2.05, 4.69) is 38.5 Å². The van der Waals surface area contributed by atoms with Crippen molar-refractivity contribution in [2.24, 2.45) is 0 Å². The van der Waals surface area contributed by atoms with E-state index in [9.17, 15) is 4.79 Å². The molecule has 11 heteroatoms. The van der Waals surface area contributed by atoms with Gasteiger partial charge in [0.1, 0.15) is 5.69 Å². The number of allylic oxidation sites excluding steroid dienone is 2. The van der Waals surface area contributed by atoms with Gasteiger partial charge in [0.05, 0.1) is 50.2 Å². The van der Waals surface area contributed by atoms with E-state index in [-0.39, 0.29) is 30.1 Å². The number of benzene rings is 1. The molecule has 0 amide bonds. The van der Waals surface area contributed by atoms with Crippen molar-refractivity contribution in [2.45, 2.75) is 39.7 Å². The van der Waals surface area contributed by atoms with Gasteiger partial charge in [-0.25, -0.2) is 14.5 Å². The number of aromatic nitrogens is 4. The number of carbonyl (C=O) groups excluding carboxylic acids is 1. The Hall–Kier alpha value is -4.31. The lowest BCUT2D eigenvalue weighted by molar-refractivity contribution is 0.0517. The van der Waals surface area contributed by atoms with Gasteiger partial charge in [0.2, 0.25) is 5.88 Å². The van der Waals surface area contributed by atoms with Gasteiger partial charge in [0.25, 0.3) is 0 Å². The normalized spacial score (nSPS) is 16.1. The molecule has 0 fully saturated rings. The largest absolute Gasteiger partial charge is 0.479 e. The zero-order valence-electron chi connectivity index (χ0n) is 24.2. The number of nitrogens with zero attached hydrogens (tertiary/aromatic N) is 5. The second kappa shape index (κ2) is 11.3. The Morgan fingerprint density at radius 2 is 1.98 bits per heavy atom. The average Bonchev–Trinajstić information content (AvgIpc) is 3.26. The molecule has 10 nitrogen and oxygen atoms in total. The van der Waals surface area contributed by atoms with Crippen LogP contribution < -0.4 is 14.8 Å². The first-order valence-corrected chi connectivity index (χ1v) is 13.7. The molecule has 0 saturated heterocycles. The number of hydrogen-bond donors (Lipinski definition) is 1. The molecule has 2 aliphatic rings. The predicted octanol–water partition coefficient (Wildman–Crippen LogP) is 5.40. The second-order valence-electron chi connectivity index (χ2n) is 10.1. The van der Waals surface area contributed by atoms with E-state index >= 15 is 0 Å². The molecule has 0 saturated carbocycles. The topological polar surface area (TPSA) is 104 Å². The molecule has 1 atom stereocenters. The molecule has 2 aliphatic heterocycles. The van der Waals surface area contributed by atoms with Gasteiger partial charge in [0.15, 0.2) is 5.69 Å². The third-order valence-corrected chi connectivity index (χ3v) is 7.19. The fraction of sp³-hybridized carbons (Fsp3) is 0.333. The van der Waals surface area contributed by atoms with Gasteiger partial charge < -0.3 is 24.4 Å². The number of fused-ring (bicyclic) bond motifs is 2. The van der Waals surface area contributed by atoms with Crippen LogP contribution in [0.1, 0.15) is 72.5 Å². The first-order valence-electron chi connectivity index (χ1n) is 13.3. The smallest absolute Gasteiger partial charge is 0.359 e. The predicted molar refractivity (Wildman–Crippen MR) is 156 cm³/mol. The van der Waals surface area contributed by atoms with Crippen LogP contribution >= 0.6 is 11.6 Å². The van der Waals surface area contributed by atoms with Crippen LogP contribution in [0.25, 0.3) is 11.8 Å². The van der Waals surface area contributed by atoms with E-state index < -0.39 is 12.0 Å². The molecule has 4 heterocycles. The number of nitrogens with one attached hydrogen (secondary N) is 1. The van der Waals surface area contributed by atoms with Crippen molar-refractivity contribution in [1.29, 1.82) is 0 Å². The van der Waals surface area contributed by atoms with Crippen molar-refractivity contribution in [3.63, 3.8) is 0 Å². The van der Waals surface area contributed by atoms with Crippen molar-refractivity contribution in [3.8, 4) is 17.6 Å². The monoisotopic (exact) mass is 576 g/mol. The zero-order valence-corrected chi connectivity index (χ0v) is 24.9. The summed E-state index contributed by atoms with van der Waals surface area (Å²) in [5.74, 6) is -0.354. The van der Waals surface area contributed by atoms with E-state index in [1.54, 1.807) is 17.8 Å². The molecule has 0 bridgehead atoms. The number of likely N-dealkylation sites (N-methyl/N-ethyl adjacent to an activating group) is 1. The summed E-state index contributed by atoms with van der Waals surface area (Å²) in [6, 6.07) is 5.45. The highest BCUT2D eigenvalue weighted by molar-refractivity contribution is 6.30. The molecule has 1 aromatic carbocycles. The third kappa shape index (κ3) is 5.15. The number of rotatable bonds is 7. The molecule has 0 aliphatic carbocycles. The number of ether oxygens (including phenoxy) is 3. The molecule has 5 rings (SSSR count). The van der Waals surface area contributed by atoms with Crippen molar-refractivity contribution in [1.82, 2.24) is 30.0 Å². The SMILES string of the molecule is CCOC(=O)c1nn(-c2cnc(OC)nc2OC)c(C(C)C)c1C1NC2=CC(C)=CN(C)C2=Cc2cc(Cl)ccc21. The number of carbonyl (C=O) groups is 1. The molecule has 1 unspecified atom stereocenters. The van der Waals surface area contributed by atoms with Crippen molar-refractivity contribution >= 4 is 23.6 Å². The Morgan fingerprint density at radius 3 is 2.66 bits per heavy atom. The van der Waals surface area contributed by atoms with Gasteiger partial charge in [0, 0.05) is 23.8 Å². The number of hydrogen-bond acceptors (Lipinski definition) is 9. The number of methoxy groups -OCH3 is 2. The van der Waals surface area contributed by atoms with Crippen LogP contribution in [0.2, 0.25) is 5.02 Å². The second-order valence-corrected chi connectivity index (χ2v) is 10.5. The summed E-state index contributed by atoms with van der Waals surface area (Å²) in [4.78, 5) is 24.3. The summed E-state index contributed by atoms with van der Waals surface area (Å²) in [5.41, 5.74) is 6.95. The maximum Gasteiger partial charge on any atom is 0.359 e. The standard InChI is InChI=1S/C30H33ClN6O4/c1-8-41-29(38)26-24(27(16(2)3)37(35-26)23-14-32-30(40-7)34-28(23)39-6)25-20-10-9-19(31)12-18(20)13-22-21(33-25)11-17(4)15-36(22)5/h9-16,25,33H,8H2,1-7H3. The van der Waals surface area contributed by atoms with Crippen LogP contribution in [0.5, 0.6) is 11.9 Å². The van der Waals surface area contributed by atoms with Gasteiger partial charge in [-0.3, -0.25) is 0 Å². The van der Waals surface area contributed by atoms with Crippen LogP contribution in [0.4, 0.5) is 0 Å². The molecule has 2 aromatic heterocycles. The Kier molecular flexibility index (Phi) is 7.77. The average molecular weight is 577 g/mol. The summed E-state index contributed by atoms with van der Waals surface area (Å²) in [5, 5.41) is 9.18. The molecule has 0 spiro atoms. The molecule has 41 heavy (non-hydrogen) atoms. The van der Waals surface area contributed by atoms with Gasteiger partial charge in [-0.05, 0) is 60.8 Å². The third-order valence-electron chi connectivity index (χ3n) is 6.96.